The van der Waals surface area contributed by atoms with E-state index in [1.54, 1.807) is 0 Å². The van der Waals surface area contributed by atoms with E-state index in [1.807, 2.05) is 18.7 Å². The normalized spacial score (nSPS) is 16.9. The monoisotopic (exact) mass is 252 g/mol. The van der Waals surface area contributed by atoms with Crippen LogP contribution in [0.4, 0.5) is 5.82 Å². The van der Waals surface area contributed by atoms with Crippen LogP contribution in [0.1, 0.15) is 37.4 Å². The molecule has 0 bridgehead atoms. The Hall–Kier alpha value is -1.10. The maximum atomic E-state index is 5.75. The third-order valence-corrected chi connectivity index (χ3v) is 4.01. The second-order valence-electron chi connectivity index (χ2n) is 5.00. The number of hydrogen-bond acceptors (Lipinski definition) is 3. The fraction of sp³-hybridized carbons (Fsp3) is 0.667. The van der Waals surface area contributed by atoms with Crippen LogP contribution in [0.5, 0.6) is 0 Å². The van der Waals surface area contributed by atoms with E-state index >= 15 is 0 Å². The summed E-state index contributed by atoms with van der Waals surface area (Å²) in [6.07, 6.45) is 3.85. The van der Waals surface area contributed by atoms with Crippen molar-refractivity contribution in [2.75, 3.05) is 11.9 Å². The average Bonchev–Trinajstić information content (AvgIpc) is 2.97. The minimum absolute atomic E-state index is 0.416. The van der Waals surface area contributed by atoms with Gasteiger partial charge in [0.15, 0.2) is 0 Å². The van der Waals surface area contributed by atoms with Gasteiger partial charge < -0.3 is 11.1 Å². The molecular weight excluding hydrogens is 232 g/mol. The molecule has 1 aromatic rings. The van der Waals surface area contributed by atoms with Crippen LogP contribution in [0, 0.1) is 12.3 Å². The lowest BCUT2D eigenvalue weighted by Gasteiger charge is -2.15. The Kier molecular flexibility index (Phi) is 3.12. The molecule has 0 aliphatic heterocycles. The minimum Gasteiger partial charge on any atom is -0.389 e. The molecule has 1 saturated carbocycles. The standard InChI is InChI=1S/C12H20N4S/c1-4-12(5-6-12)7-14-11-9(10(13)17)8(2)15-16(11)3/h14H,4-7H2,1-3H3,(H2,13,17). The van der Waals surface area contributed by atoms with Gasteiger partial charge in [0.1, 0.15) is 10.8 Å². The van der Waals surface area contributed by atoms with Crippen LogP contribution in [-0.2, 0) is 7.05 Å². The lowest BCUT2D eigenvalue weighted by Crippen LogP contribution is -2.19. The average molecular weight is 252 g/mol. The molecule has 0 unspecified atom stereocenters. The van der Waals surface area contributed by atoms with Crippen molar-refractivity contribution in [1.82, 2.24) is 9.78 Å². The van der Waals surface area contributed by atoms with Gasteiger partial charge in [-0.2, -0.15) is 5.10 Å². The van der Waals surface area contributed by atoms with Crippen molar-refractivity contribution >= 4 is 23.0 Å². The molecule has 5 heteroatoms. The van der Waals surface area contributed by atoms with Gasteiger partial charge in [0, 0.05) is 13.6 Å². The molecule has 3 N–H and O–H groups in total. The zero-order valence-corrected chi connectivity index (χ0v) is 11.5. The summed E-state index contributed by atoms with van der Waals surface area (Å²) >= 11 is 5.09. The molecule has 94 valence electrons. The van der Waals surface area contributed by atoms with Gasteiger partial charge in [-0.15, -0.1) is 0 Å². The van der Waals surface area contributed by atoms with Crippen LogP contribution in [0.15, 0.2) is 0 Å². The van der Waals surface area contributed by atoms with Gasteiger partial charge in [0.25, 0.3) is 0 Å². The summed E-state index contributed by atoms with van der Waals surface area (Å²) in [6, 6.07) is 0. The fourth-order valence-electron chi connectivity index (χ4n) is 2.26. The van der Waals surface area contributed by atoms with E-state index in [1.165, 1.54) is 19.3 Å². The summed E-state index contributed by atoms with van der Waals surface area (Å²) in [5.74, 6) is 0.953. The summed E-state index contributed by atoms with van der Waals surface area (Å²) < 4.78 is 1.83. The van der Waals surface area contributed by atoms with Gasteiger partial charge in [0.2, 0.25) is 0 Å². The van der Waals surface area contributed by atoms with Gasteiger partial charge in [-0.1, -0.05) is 19.1 Å². The molecule has 0 aromatic carbocycles. The molecule has 4 nitrogen and oxygen atoms in total. The number of nitrogens with one attached hydrogen (secondary N) is 1. The summed E-state index contributed by atoms with van der Waals surface area (Å²) in [5, 5.41) is 7.84. The van der Waals surface area contributed by atoms with Crippen LogP contribution in [0.25, 0.3) is 0 Å². The second-order valence-corrected chi connectivity index (χ2v) is 5.44. The highest BCUT2D eigenvalue weighted by Crippen LogP contribution is 2.48. The first-order valence-electron chi connectivity index (χ1n) is 6.06. The van der Waals surface area contributed by atoms with Crippen molar-refractivity contribution in [3.05, 3.63) is 11.3 Å². The summed E-state index contributed by atoms with van der Waals surface area (Å²) in [7, 11) is 1.92. The molecule has 1 aliphatic rings. The Morgan fingerprint density at radius 3 is 2.71 bits per heavy atom. The summed E-state index contributed by atoms with van der Waals surface area (Å²) in [6.45, 7) is 5.17. The van der Waals surface area contributed by atoms with Crippen LogP contribution in [0.2, 0.25) is 0 Å². The molecule has 0 saturated heterocycles. The third-order valence-electron chi connectivity index (χ3n) is 3.81. The SMILES string of the molecule is CCC1(CNc2c(C(N)=S)c(C)nn2C)CC1. The summed E-state index contributed by atoms with van der Waals surface area (Å²) in [4.78, 5) is 0.416. The third kappa shape index (κ3) is 2.29. The van der Waals surface area contributed by atoms with E-state index in [-0.39, 0.29) is 0 Å². The number of rotatable bonds is 5. The van der Waals surface area contributed by atoms with Gasteiger partial charge in [-0.25, -0.2) is 0 Å². The molecule has 1 heterocycles. The van der Waals surface area contributed by atoms with Crippen molar-refractivity contribution in [1.29, 1.82) is 0 Å². The van der Waals surface area contributed by atoms with Crippen molar-refractivity contribution in [2.45, 2.75) is 33.1 Å². The molecule has 0 spiro atoms. The number of aromatic nitrogens is 2. The van der Waals surface area contributed by atoms with Crippen LogP contribution >= 0.6 is 12.2 Å². The van der Waals surface area contributed by atoms with Gasteiger partial charge >= 0.3 is 0 Å². The summed E-state index contributed by atoms with van der Waals surface area (Å²) in [5.41, 5.74) is 8.02. The number of hydrogen-bond donors (Lipinski definition) is 2. The van der Waals surface area contributed by atoms with Gasteiger partial charge in [-0.3, -0.25) is 4.68 Å². The zero-order chi connectivity index (χ0) is 12.6. The van der Waals surface area contributed by atoms with E-state index in [0.29, 0.717) is 10.4 Å². The Bertz CT molecular complexity index is 446. The van der Waals surface area contributed by atoms with E-state index in [2.05, 4.69) is 17.3 Å². The van der Waals surface area contributed by atoms with Gasteiger partial charge in [-0.05, 0) is 31.6 Å². The Balaban J connectivity index is 2.17. The minimum atomic E-state index is 0.416. The fourth-order valence-corrected chi connectivity index (χ4v) is 2.50. The molecule has 1 fully saturated rings. The number of nitrogens with two attached hydrogens (primary N) is 1. The quantitative estimate of drug-likeness (QED) is 0.787. The molecule has 0 amide bonds. The van der Waals surface area contributed by atoms with E-state index in [0.717, 1.165) is 23.6 Å². The number of thiocarbonyl (C=S) groups is 1. The topological polar surface area (TPSA) is 55.9 Å². The first-order valence-corrected chi connectivity index (χ1v) is 6.47. The van der Waals surface area contributed by atoms with Crippen molar-refractivity contribution in [3.8, 4) is 0 Å². The molecule has 0 atom stereocenters. The van der Waals surface area contributed by atoms with Crippen molar-refractivity contribution in [2.24, 2.45) is 18.2 Å². The van der Waals surface area contributed by atoms with Crippen LogP contribution in [0.3, 0.4) is 0 Å². The molecule has 0 radical (unpaired) electrons. The molecule has 17 heavy (non-hydrogen) atoms. The van der Waals surface area contributed by atoms with E-state index in [9.17, 15) is 0 Å². The van der Waals surface area contributed by atoms with Crippen molar-refractivity contribution in [3.63, 3.8) is 0 Å². The maximum absolute atomic E-state index is 5.75. The van der Waals surface area contributed by atoms with E-state index in [4.69, 9.17) is 18.0 Å². The highest BCUT2D eigenvalue weighted by Gasteiger charge is 2.40. The molecule has 1 aliphatic carbocycles. The van der Waals surface area contributed by atoms with Gasteiger partial charge in [0.05, 0.1) is 11.3 Å². The van der Waals surface area contributed by atoms with Crippen LogP contribution < -0.4 is 11.1 Å². The molecule has 1 aromatic heterocycles. The van der Waals surface area contributed by atoms with E-state index < -0.39 is 0 Å². The Morgan fingerprint density at radius 1 is 1.59 bits per heavy atom. The highest BCUT2D eigenvalue weighted by atomic mass is 32.1. The number of aryl methyl sites for hydroxylation is 2. The molecule has 2 rings (SSSR count). The maximum Gasteiger partial charge on any atom is 0.134 e. The second kappa shape index (κ2) is 4.29. The largest absolute Gasteiger partial charge is 0.389 e. The predicted molar refractivity (Wildman–Crippen MR) is 74.3 cm³/mol. The Morgan fingerprint density at radius 2 is 2.24 bits per heavy atom. The Labute approximate surface area is 108 Å². The van der Waals surface area contributed by atoms with Crippen LogP contribution in [-0.4, -0.2) is 21.3 Å². The first-order chi connectivity index (χ1) is 7.99. The lowest BCUT2D eigenvalue weighted by atomic mass is 10.0. The smallest absolute Gasteiger partial charge is 0.134 e. The number of nitrogens with zero attached hydrogens (tertiary/aromatic N) is 2. The highest BCUT2D eigenvalue weighted by molar-refractivity contribution is 7.80. The molecular formula is C12H20N4S. The van der Waals surface area contributed by atoms with Crippen molar-refractivity contribution < 1.29 is 0 Å². The lowest BCUT2D eigenvalue weighted by molar-refractivity contribution is 0.519. The number of anilines is 1. The zero-order valence-electron chi connectivity index (χ0n) is 10.7. The first kappa shape index (κ1) is 12.4. The predicted octanol–water partition coefficient (Wildman–Crippen LogP) is 1.96.